The van der Waals surface area contributed by atoms with Crippen molar-refractivity contribution in [2.24, 2.45) is 7.05 Å². The Morgan fingerprint density at radius 1 is 1.35 bits per heavy atom. The van der Waals surface area contributed by atoms with Crippen LogP contribution in [0.4, 0.5) is 14.6 Å². The molecule has 2 aromatic rings. The van der Waals surface area contributed by atoms with Crippen molar-refractivity contribution in [2.75, 3.05) is 25.5 Å². The predicted octanol–water partition coefficient (Wildman–Crippen LogP) is 1.90. The monoisotopic (exact) mass is 324 g/mol. The number of benzene rings is 1. The molecular weight excluding hydrogens is 302 g/mol. The van der Waals surface area contributed by atoms with Crippen LogP contribution in [0, 0.1) is 18.6 Å². The van der Waals surface area contributed by atoms with E-state index in [1.54, 1.807) is 4.68 Å². The number of aryl methyl sites for hydroxylation is 2. The van der Waals surface area contributed by atoms with Crippen LogP contribution in [0.2, 0.25) is 0 Å². The molecule has 23 heavy (non-hydrogen) atoms. The van der Waals surface area contributed by atoms with Crippen molar-refractivity contribution in [1.29, 1.82) is 0 Å². The summed E-state index contributed by atoms with van der Waals surface area (Å²) >= 11 is 0. The van der Waals surface area contributed by atoms with Gasteiger partial charge in [-0.3, -0.25) is 4.68 Å². The Hall–Kier alpha value is -1.99. The summed E-state index contributed by atoms with van der Waals surface area (Å²) in [4.78, 5) is 1.97. The van der Waals surface area contributed by atoms with Gasteiger partial charge in [0.25, 0.3) is 0 Å². The first-order valence-electron chi connectivity index (χ1n) is 7.34. The van der Waals surface area contributed by atoms with E-state index in [4.69, 9.17) is 0 Å². The van der Waals surface area contributed by atoms with Gasteiger partial charge in [0.1, 0.15) is 17.5 Å². The molecule has 0 saturated carbocycles. The minimum Gasteiger partial charge on any atom is -0.387 e. The lowest BCUT2D eigenvalue weighted by molar-refractivity contribution is 0.169. The molecule has 0 aliphatic heterocycles. The maximum absolute atomic E-state index is 13.6. The van der Waals surface area contributed by atoms with E-state index in [9.17, 15) is 13.9 Å². The van der Waals surface area contributed by atoms with Crippen LogP contribution in [0.3, 0.4) is 0 Å². The van der Waals surface area contributed by atoms with Crippen LogP contribution in [-0.4, -0.2) is 35.5 Å². The Morgan fingerprint density at radius 3 is 2.65 bits per heavy atom. The second kappa shape index (κ2) is 7.06. The van der Waals surface area contributed by atoms with Crippen molar-refractivity contribution in [3.8, 4) is 0 Å². The number of anilines is 1. The maximum Gasteiger partial charge on any atom is 0.131 e. The highest BCUT2D eigenvalue weighted by Crippen LogP contribution is 2.22. The molecule has 1 heterocycles. The van der Waals surface area contributed by atoms with Crippen LogP contribution in [0.15, 0.2) is 18.2 Å². The molecule has 0 amide bonds. The number of aromatic nitrogens is 2. The first kappa shape index (κ1) is 17.4. The summed E-state index contributed by atoms with van der Waals surface area (Å²) < 4.78 is 28.3. The van der Waals surface area contributed by atoms with Gasteiger partial charge in [0, 0.05) is 51.4 Å². The summed E-state index contributed by atoms with van der Waals surface area (Å²) in [5, 5.41) is 17.6. The number of nitrogens with zero attached hydrogens (tertiary/aromatic N) is 3. The Balaban J connectivity index is 2.02. The van der Waals surface area contributed by atoms with E-state index < -0.39 is 17.7 Å². The van der Waals surface area contributed by atoms with Gasteiger partial charge in [0.15, 0.2) is 0 Å². The van der Waals surface area contributed by atoms with Crippen molar-refractivity contribution >= 4 is 5.82 Å². The molecule has 2 rings (SSSR count). The Morgan fingerprint density at radius 2 is 2.04 bits per heavy atom. The van der Waals surface area contributed by atoms with Crippen molar-refractivity contribution in [3.05, 3.63) is 46.7 Å². The number of nitrogens with one attached hydrogen (secondary N) is 1. The molecule has 0 aliphatic rings. The summed E-state index contributed by atoms with van der Waals surface area (Å²) in [6, 6.07) is 3.17. The van der Waals surface area contributed by atoms with Crippen molar-refractivity contribution in [2.45, 2.75) is 19.6 Å². The Kier molecular flexibility index (Phi) is 5.33. The fourth-order valence-electron chi connectivity index (χ4n) is 2.67. The predicted molar refractivity (Wildman–Crippen MR) is 85.3 cm³/mol. The normalized spacial score (nSPS) is 12.5. The van der Waals surface area contributed by atoms with Gasteiger partial charge in [0.05, 0.1) is 11.8 Å². The van der Waals surface area contributed by atoms with E-state index in [1.165, 1.54) is 6.07 Å². The minimum atomic E-state index is -1.05. The molecule has 0 unspecified atom stereocenters. The van der Waals surface area contributed by atoms with Gasteiger partial charge in [-0.1, -0.05) is 6.07 Å². The molecule has 2 N–H and O–H groups in total. The molecule has 7 heteroatoms. The van der Waals surface area contributed by atoms with Gasteiger partial charge in [-0.05, 0) is 13.0 Å². The number of rotatable bonds is 6. The molecule has 126 valence electrons. The average Bonchev–Trinajstić information content (AvgIpc) is 2.73. The zero-order valence-corrected chi connectivity index (χ0v) is 13.8. The van der Waals surface area contributed by atoms with Crippen LogP contribution in [0.25, 0.3) is 0 Å². The van der Waals surface area contributed by atoms with Gasteiger partial charge >= 0.3 is 0 Å². The van der Waals surface area contributed by atoms with Crippen molar-refractivity contribution in [1.82, 2.24) is 15.1 Å². The van der Waals surface area contributed by atoms with Crippen molar-refractivity contribution < 1.29 is 13.9 Å². The smallest absolute Gasteiger partial charge is 0.131 e. The highest BCUT2D eigenvalue weighted by atomic mass is 19.1. The van der Waals surface area contributed by atoms with E-state index in [-0.39, 0.29) is 12.1 Å². The summed E-state index contributed by atoms with van der Waals surface area (Å²) in [5.74, 6) is -0.434. The maximum atomic E-state index is 13.6. The molecule has 0 spiro atoms. The van der Waals surface area contributed by atoms with E-state index in [0.717, 1.165) is 29.2 Å². The molecular formula is C16H22F2N4O. The topological polar surface area (TPSA) is 53.3 Å². The highest BCUT2D eigenvalue weighted by Gasteiger charge is 2.17. The minimum absolute atomic E-state index is 0.0784. The zero-order valence-electron chi connectivity index (χ0n) is 13.8. The summed E-state index contributed by atoms with van der Waals surface area (Å²) in [6.07, 6.45) is -1.05. The summed E-state index contributed by atoms with van der Waals surface area (Å²) in [5.41, 5.74) is 1.99. The van der Waals surface area contributed by atoms with Gasteiger partial charge < -0.3 is 15.3 Å². The average molecular weight is 324 g/mol. The fourth-order valence-corrected chi connectivity index (χ4v) is 2.67. The molecule has 0 fully saturated rings. The third kappa shape index (κ3) is 3.86. The second-order valence-corrected chi connectivity index (χ2v) is 5.72. The molecule has 1 aromatic carbocycles. The van der Waals surface area contributed by atoms with Crippen LogP contribution in [-0.2, 0) is 13.6 Å². The van der Waals surface area contributed by atoms with Gasteiger partial charge in [-0.2, -0.15) is 5.10 Å². The third-order valence-corrected chi connectivity index (χ3v) is 3.70. The van der Waals surface area contributed by atoms with Gasteiger partial charge in [0.2, 0.25) is 0 Å². The largest absolute Gasteiger partial charge is 0.387 e. The van der Waals surface area contributed by atoms with Gasteiger partial charge in [-0.25, -0.2) is 8.78 Å². The highest BCUT2D eigenvalue weighted by molar-refractivity contribution is 5.48. The molecule has 1 atom stereocenters. The summed E-state index contributed by atoms with van der Waals surface area (Å²) in [7, 11) is 5.74. The summed E-state index contributed by atoms with van der Waals surface area (Å²) in [6.45, 7) is 2.57. The first-order valence-corrected chi connectivity index (χ1v) is 7.34. The van der Waals surface area contributed by atoms with Crippen molar-refractivity contribution in [3.63, 3.8) is 0 Å². The Labute approximate surface area is 134 Å². The first-order chi connectivity index (χ1) is 10.8. The van der Waals surface area contributed by atoms with Crippen LogP contribution in [0.1, 0.15) is 22.9 Å². The van der Waals surface area contributed by atoms with Crippen LogP contribution >= 0.6 is 0 Å². The van der Waals surface area contributed by atoms with Crippen LogP contribution in [0.5, 0.6) is 0 Å². The third-order valence-electron chi connectivity index (χ3n) is 3.70. The molecule has 0 saturated heterocycles. The number of hydrogen-bond acceptors (Lipinski definition) is 4. The zero-order chi connectivity index (χ0) is 17.1. The quantitative estimate of drug-likeness (QED) is 0.852. The molecule has 1 aromatic heterocycles. The molecule has 0 bridgehead atoms. The SMILES string of the molecule is Cc1nn(C)c(N(C)C)c1CNC[C@H](O)c1ccc(F)cc1F. The Bertz CT molecular complexity index is 685. The van der Waals surface area contributed by atoms with Gasteiger partial charge in [-0.15, -0.1) is 0 Å². The lowest BCUT2D eigenvalue weighted by Crippen LogP contribution is -2.23. The lowest BCUT2D eigenvalue weighted by Gasteiger charge is -2.17. The standard InChI is InChI=1S/C16H22F2N4O/c1-10-13(16(21(2)3)22(4)20-10)8-19-9-15(23)12-6-5-11(17)7-14(12)18/h5-7,15,19,23H,8-9H2,1-4H3/t15-/m0/s1. The molecule has 0 radical (unpaired) electrons. The molecule has 0 aliphatic carbocycles. The van der Waals surface area contributed by atoms with Crippen LogP contribution < -0.4 is 10.2 Å². The van der Waals surface area contributed by atoms with E-state index in [1.807, 2.05) is 33.0 Å². The van der Waals surface area contributed by atoms with E-state index in [0.29, 0.717) is 6.54 Å². The number of aliphatic hydroxyl groups is 1. The number of hydrogen-bond donors (Lipinski definition) is 2. The second-order valence-electron chi connectivity index (χ2n) is 5.72. The fraction of sp³-hybridized carbons (Fsp3) is 0.438. The number of aliphatic hydroxyl groups excluding tert-OH is 1. The number of halogens is 2. The van der Waals surface area contributed by atoms with E-state index >= 15 is 0 Å². The molecule has 5 nitrogen and oxygen atoms in total. The lowest BCUT2D eigenvalue weighted by atomic mass is 10.1. The van der Waals surface area contributed by atoms with E-state index in [2.05, 4.69) is 10.4 Å².